The van der Waals surface area contributed by atoms with Gasteiger partial charge in [-0.05, 0) is 49.2 Å². The fourth-order valence-corrected chi connectivity index (χ4v) is 3.64. The SMILES string of the molecule is NC[C@H]1CCN(c2ncc(C(=O)Nc3ccc(OC(F)(F)F)cc3)cc2-c2cncnc2)C1. The molecular weight excluding hydrogens is 437 g/mol. The summed E-state index contributed by atoms with van der Waals surface area (Å²) in [4.78, 5) is 27.6. The third-order valence-electron chi connectivity index (χ3n) is 5.26. The molecule has 1 saturated heterocycles. The summed E-state index contributed by atoms with van der Waals surface area (Å²) in [5, 5.41) is 2.66. The molecule has 0 radical (unpaired) electrons. The van der Waals surface area contributed by atoms with Crippen LogP contribution in [0.4, 0.5) is 24.7 Å². The Morgan fingerprint density at radius 1 is 1.18 bits per heavy atom. The highest BCUT2D eigenvalue weighted by molar-refractivity contribution is 6.05. The Labute approximate surface area is 187 Å². The number of ether oxygens (including phenoxy) is 1. The van der Waals surface area contributed by atoms with Gasteiger partial charge >= 0.3 is 6.36 Å². The highest BCUT2D eigenvalue weighted by Crippen LogP contribution is 2.32. The highest BCUT2D eigenvalue weighted by atomic mass is 19.4. The fraction of sp³-hybridized carbons (Fsp3) is 0.273. The molecule has 1 aromatic carbocycles. The zero-order chi connectivity index (χ0) is 23.4. The van der Waals surface area contributed by atoms with Crippen molar-refractivity contribution >= 4 is 17.4 Å². The fourth-order valence-electron chi connectivity index (χ4n) is 3.64. The molecule has 3 aromatic rings. The summed E-state index contributed by atoms with van der Waals surface area (Å²) >= 11 is 0. The predicted octanol–water partition coefficient (Wildman–Crippen LogP) is 3.47. The van der Waals surface area contributed by atoms with Crippen molar-refractivity contribution < 1.29 is 22.7 Å². The second-order valence-corrected chi connectivity index (χ2v) is 7.59. The maximum atomic E-state index is 12.8. The lowest BCUT2D eigenvalue weighted by Crippen LogP contribution is -2.24. The molecule has 0 bridgehead atoms. The molecule has 0 saturated carbocycles. The van der Waals surface area contributed by atoms with Crippen LogP contribution in [0.2, 0.25) is 0 Å². The average Bonchev–Trinajstić information content (AvgIpc) is 3.29. The van der Waals surface area contributed by atoms with Crippen LogP contribution in [0, 0.1) is 5.92 Å². The first-order chi connectivity index (χ1) is 15.8. The Balaban J connectivity index is 1.57. The normalized spacial score (nSPS) is 16.0. The minimum absolute atomic E-state index is 0.280. The summed E-state index contributed by atoms with van der Waals surface area (Å²) in [6, 6.07) is 6.60. The van der Waals surface area contributed by atoms with Gasteiger partial charge in [-0.25, -0.2) is 15.0 Å². The van der Waals surface area contributed by atoms with Crippen molar-refractivity contribution in [1.29, 1.82) is 0 Å². The van der Waals surface area contributed by atoms with E-state index in [2.05, 4.69) is 29.9 Å². The summed E-state index contributed by atoms with van der Waals surface area (Å²) in [6.45, 7) is 2.16. The van der Waals surface area contributed by atoms with Crippen LogP contribution in [0.3, 0.4) is 0 Å². The van der Waals surface area contributed by atoms with Crippen molar-refractivity contribution in [1.82, 2.24) is 15.0 Å². The summed E-state index contributed by atoms with van der Waals surface area (Å²) in [7, 11) is 0. The minimum Gasteiger partial charge on any atom is -0.406 e. The topological polar surface area (TPSA) is 106 Å². The predicted molar refractivity (Wildman–Crippen MR) is 116 cm³/mol. The molecule has 0 unspecified atom stereocenters. The number of anilines is 2. The number of carbonyl (C=O) groups excluding carboxylic acids is 1. The molecule has 1 aliphatic rings. The molecule has 2 aromatic heterocycles. The van der Waals surface area contributed by atoms with Crippen molar-refractivity contribution in [2.75, 3.05) is 29.9 Å². The first-order valence-corrected chi connectivity index (χ1v) is 10.2. The van der Waals surface area contributed by atoms with Crippen LogP contribution >= 0.6 is 0 Å². The molecule has 1 aliphatic heterocycles. The van der Waals surface area contributed by atoms with Crippen LogP contribution in [-0.2, 0) is 0 Å². The number of halogens is 3. The standard InChI is InChI=1S/C22H21F3N6O2/c23-22(24,25)33-18-3-1-17(2-4-18)30-21(32)15-7-19(16-9-27-13-28-10-16)20(29-11-15)31-6-5-14(8-26)12-31/h1-4,7,9-11,13-14H,5-6,8,12,26H2,(H,30,32)/t14-/m1/s1. The number of alkyl halides is 3. The van der Waals surface area contributed by atoms with Gasteiger partial charge in [0.05, 0.1) is 5.56 Å². The van der Waals surface area contributed by atoms with Gasteiger partial charge in [-0.15, -0.1) is 13.2 Å². The van der Waals surface area contributed by atoms with E-state index in [1.165, 1.54) is 24.7 Å². The van der Waals surface area contributed by atoms with E-state index in [9.17, 15) is 18.0 Å². The lowest BCUT2D eigenvalue weighted by atomic mass is 10.1. The van der Waals surface area contributed by atoms with Crippen LogP contribution in [-0.4, -0.2) is 46.9 Å². The average molecular weight is 458 g/mol. The molecule has 172 valence electrons. The van der Waals surface area contributed by atoms with Gasteiger partial charge in [-0.2, -0.15) is 0 Å². The molecule has 0 spiro atoms. The van der Waals surface area contributed by atoms with Gasteiger partial charge in [0.25, 0.3) is 5.91 Å². The molecule has 33 heavy (non-hydrogen) atoms. The Morgan fingerprint density at radius 3 is 2.55 bits per heavy atom. The molecular formula is C22H21F3N6O2. The number of carbonyl (C=O) groups is 1. The van der Waals surface area contributed by atoms with Crippen molar-refractivity contribution in [3.05, 3.63) is 60.8 Å². The maximum absolute atomic E-state index is 12.8. The van der Waals surface area contributed by atoms with Crippen molar-refractivity contribution in [3.8, 4) is 16.9 Å². The van der Waals surface area contributed by atoms with Gasteiger partial charge in [0.15, 0.2) is 0 Å². The number of pyridine rings is 1. The number of aromatic nitrogens is 3. The van der Waals surface area contributed by atoms with E-state index in [0.29, 0.717) is 35.1 Å². The van der Waals surface area contributed by atoms with Crippen molar-refractivity contribution in [2.24, 2.45) is 11.7 Å². The smallest absolute Gasteiger partial charge is 0.406 e. The van der Waals surface area contributed by atoms with Crippen molar-refractivity contribution in [3.63, 3.8) is 0 Å². The maximum Gasteiger partial charge on any atom is 0.573 e. The third-order valence-corrected chi connectivity index (χ3v) is 5.26. The Bertz CT molecular complexity index is 1110. The van der Waals surface area contributed by atoms with Gasteiger partial charge in [-0.1, -0.05) is 0 Å². The van der Waals surface area contributed by atoms with Crippen LogP contribution in [0.5, 0.6) is 5.75 Å². The van der Waals surface area contributed by atoms with Gasteiger partial charge in [0.1, 0.15) is 17.9 Å². The Kier molecular flexibility index (Phi) is 6.40. The number of amides is 1. The summed E-state index contributed by atoms with van der Waals surface area (Å²) in [5.41, 5.74) is 7.82. The quantitative estimate of drug-likeness (QED) is 0.583. The van der Waals surface area contributed by atoms with Gasteiger partial charge < -0.3 is 20.7 Å². The Hall–Kier alpha value is -3.73. The monoisotopic (exact) mass is 458 g/mol. The molecule has 1 atom stereocenters. The van der Waals surface area contributed by atoms with Crippen LogP contribution in [0.15, 0.2) is 55.2 Å². The van der Waals surface area contributed by atoms with E-state index in [0.717, 1.165) is 31.6 Å². The number of hydrogen-bond acceptors (Lipinski definition) is 7. The number of hydrogen-bond donors (Lipinski definition) is 2. The first-order valence-electron chi connectivity index (χ1n) is 10.2. The van der Waals surface area contributed by atoms with E-state index in [-0.39, 0.29) is 11.3 Å². The summed E-state index contributed by atoms with van der Waals surface area (Å²) in [6.07, 6.45) is 2.35. The van der Waals surface area contributed by atoms with Crippen molar-refractivity contribution in [2.45, 2.75) is 12.8 Å². The molecule has 8 nitrogen and oxygen atoms in total. The second-order valence-electron chi connectivity index (χ2n) is 7.59. The number of benzene rings is 1. The molecule has 3 heterocycles. The van der Waals surface area contributed by atoms with E-state index in [4.69, 9.17) is 5.73 Å². The molecule has 1 amide bonds. The largest absolute Gasteiger partial charge is 0.573 e. The summed E-state index contributed by atoms with van der Waals surface area (Å²) in [5.74, 6) is 0.252. The lowest BCUT2D eigenvalue weighted by Gasteiger charge is -2.21. The molecule has 0 aliphatic carbocycles. The first kappa shape index (κ1) is 22.5. The Morgan fingerprint density at radius 2 is 1.91 bits per heavy atom. The van der Waals surface area contributed by atoms with Gasteiger partial charge in [0, 0.05) is 48.5 Å². The minimum atomic E-state index is -4.78. The van der Waals surface area contributed by atoms with Crippen LogP contribution in [0.25, 0.3) is 11.1 Å². The van der Waals surface area contributed by atoms with Crippen LogP contribution in [0.1, 0.15) is 16.8 Å². The van der Waals surface area contributed by atoms with E-state index >= 15 is 0 Å². The molecule has 3 N–H and O–H groups in total. The number of nitrogens with two attached hydrogens (primary N) is 1. The van der Waals surface area contributed by atoms with Gasteiger partial charge in [-0.3, -0.25) is 4.79 Å². The zero-order valence-corrected chi connectivity index (χ0v) is 17.4. The van der Waals surface area contributed by atoms with E-state index < -0.39 is 12.3 Å². The zero-order valence-electron chi connectivity index (χ0n) is 17.4. The molecule has 4 rings (SSSR count). The van der Waals surface area contributed by atoms with E-state index in [1.54, 1.807) is 18.5 Å². The molecule has 1 fully saturated rings. The number of nitrogens with zero attached hydrogens (tertiary/aromatic N) is 4. The third kappa shape index (κ3) is 5.55. The molecule has 11 heteroatoms. The number of rotatable bonds is 6. The second kappa shape index (κ2) is 9.41. The number of nitrogens with one attached hydrogen (secondary N) is 1. The lowest BCUT2D eigenvalue weighted by molar-refractivity contribution is -0.274. The highest BCUT2D eigenvalue weighted by Gasteiger charge is 2.31. The van der Waals surface area contributed by atoms with Gasteiger partial charge in [0.2, 0.25) is 0 Å². The van der Waals surface area contributed by atoms with Crippen LogP contribution < -0.4 is 20.7 Å². The summed E-state index contributed by atoms with van der Waals surface area (Å²) < 4.78 is 40.8. The van der Waals surface area contributed by atoms with E-state index in [1.807, 2.05) is 0 Å².